The van der Waals surface area contributed by atoms with Crippen LogP contribution in [0.3, 0.4) is 0 Å². The van der Waals surface area contributed by atoms with Crippen LogP contribution in [-0.4, -0.2) is 35.3 Å². The Morgan fingerprint density at radius 2 is 1.91 bits per heavy atom. The summed E-state index contributed by atoms with van der Waals surface area (Å²) < 4.78 is 0. The number of imide groups is 1. The van der Waals surface area contributed by atoms with E-state index >= 15 is 0 Å². The molecule has 2 N–H and O–H groups in total. The molecule has 2 rings (SSSR count). The Labute approximate surface area is 140 Å². The van der Waals surface area contributed by atoms with Gasteiger partial charge in [-0.3, -0.25) is 14.5 Å². The Balaban J connectivity index is 2.27. The molecule has 1 atom stereocenters. The number of carbonyl (C=O) groups excluding carboxylic acids is 3. The van der Waals surface area contributed by atoms with Crippen molar-refractivity contribution in [3.63, 3.8) is 0 Å². The Kier molecular flexibility index (Phi) is 4.94. The van der Waals surface area contributed by atoms with Gasteiger partial charge < -0.3 is 10.6 Å². The first kappa shape index (κ1) is 17.3. The largest absolute Gasteiger partial charge is 0.352 e. The van der Waals surface area contributed by atoms with Crippen molar-refractivity contribution in [2.45, 2.75) is 38.8 Å². The van der Waals surface area contributed by atoms with Gasteiger partial charge >= 0.3 is 6.03 Å². The van der Waals surface area contributed by atoms with Crippen LogP contribution in [0.15, 0.2) is 24.3 Å². The van der Waals surface area contributed by atoms with Gasteiger partial charge in [0.2, 0.25) is 5.91 Å². The summed E-state index contributed by atoms with van der Waals surface area (Å²) in [6.45, 7) is 5.14. The van der Waals surface area contributed by atoms with Crippen LogP contribution in [0.2, 0.25) is 5.02 Å². The Morgan fingerprint density at radius 1 is 1.30 bits per heavy atom. The number of halogens is 1. The molecule has 7 heteroatoms. The maximum Gasteiger partial charge on any atom is 0.325 e. The van der Waals surface area contributed by atoms with Crippen molar-refractivity contribution in [2.24, 2.45) is 0 Å². The van der Waals surface area contributed by atoms with Crippen LogP contribution in [0, 0.1) is 0 Å². The minimum atomic E-state index is -1.15. The lowest BCUT2D eigenvalue weighted by molar-refractivity contribution is -0.135. The van der Waals surface area contributed by atoms with Crippen LogP contribution in [0.4, 0.5) is 4.79 Å². The van der Waals surface area contributed by atoms with E-state index < -0.39 is 17.5 Å². The molecular formula is C16H20ClN3O3. The third-order valence-electron chi connectivity index (χ3n) is 3.79. The van der Waals surface area contributed by atoms with E-state index in [1.54, 1.807) is 24.3 Å². The molecule has 1 aromatic rings. The van der Waals surface area contributed by atoms with E-state index in [9.17, 15) is 14.4 Å². The second-order valence-corrected chi connectivity index (χ2v) is 6.25. The van der Waals surface area contributed by atoms with Gasteiger partial charge in [-0.25, -0.2) is 4.79 Å². The fourth-order valence-corrected chi connectivity index (χ4v) is 2.78. The van der Waals surface area contributed by atoms with Crippen molar-refractivity contribution in [1.29, 1.82) is 0 Å². The molecule has 1 aliphatic heterocycles. The predicted molar refractivity (Wildman–Crippen MR) is 86.9 cm³/mol. The fourth-order valence-electron chi connectivity index (χ4n) is 2.65. The first-order valence-corrected chi connectivity index (χ1v) is 7.87. The molecule has 0 aliphatic carbocycles. The molecule has 0 aromatic heterocycles. The average molecular weight is 338 g/mol. The Bertz CT molecular complexity index is 630. The van der Waals surface area contributed by atoms with E-state index in [0.29, 0.717) is 17.0 Å². The van der Waals surface area contributed by atoms with Crippen molar-refractivity contribution in [2.75, 3.05) is 6.54 Å². The van der Waals surface area contributed by atoms with Crippen molar-refractivity contribution in [1.82, 2.24) is 15.5 Å². The summed E-state index contributed by atoms with van der Waals surface area (Å²) in [7, 11) is 0. The minimum absolute atomic E-state index is 0.0598. The molecule has 1 saturated heterocycles. The van der Waals surface area contributed by atoms with E-state index in [2.05, 4.69) is 10.6 Å². The number of urea groups is 1. The number of nitrogens with zero attached hydrogens (tertiary/aromatic N) is 1. The van der Waals surface area contributed by atoms with Gasteiger partial charge in [0, 0.05) is 11.1 Å². The fraction of sp³-hybridized carbons (Fsp3) is 0.438. The highest BCUT2D eigenvalue weighted by molar-refractivity contribution is 6.30. The molecule has 0 unspecified atom stereocenters. The number of hydrogen-bond donors (Lipinski definition) is 2. The lowest BCUT2D eigenvalue weighted by Gasteiger charge is -2.25. The standard InChI is InChI=1S/C16H20ClN3O3/c1-4-16(11-5-7-12(17)8-6-11)14(22)20(15(23)19-16)9-13(21)18-10(2)3/h5-8,10H,4,9H2,1-3H3,(H,18,21)(H,19,23)/t16-/m0/s1. The average Bonchev–Trinajstić information content (AvgIpc) is 2.72. The molecule has 6 nitrogen and oxygen atoms in total. The van der Waals surface area contributed by atoms with Crippen LogP contribution >= 0.6 is 11.6 Å². The number of hydrogen-bond acceptors (Lipinski definition) is 3. The maximum absolute atomic E-state index is 12.8. The van der Waals surface area contributed by atoms with Gasteiger partial charge in [-0.1, -0.05) is 30.7 Å². The van der Waals surface area contributed by atoms with Crippen molar-refractivity contribution >= 4 is 29.4 Å². The van der Waals surface area contributed by atoms with Gasteiger partial charge in [0.1, 0.15) is 12.1 Å². The monoisotopic (exact) mass is 337 g/mol. The van der Waals surface area contributed by atoms with Crippen LogP contribution < -0.4 is 10.6 Å². The number of rotatable bonds is 5. The van der Waals surface area contributed by atoms with Gasteiger partial charge in [0.05, 0.1) is 0 Å². The zero-order valence-corrected chi connectivity index (χ0v) is 14.1. The zero-order valence-electron chi connectivity index (χ0n) is 13.4. The topological polar surface area (TPSA) is 78.5 Å². The van der Waals surface area contributed by atoms with Gasteiger partial charge in [-0.2, -0.15) is 0 Å². The van der Waals surface area contributed by atoms with Gasteiger partial charge in [-0.15, -0.1) is 0 Å². The molecule has 0 radical (unpaired) electrons. The van der Waals surface area contributed by atoms with E-state index in [0.717, 1.165) is 4.90 Å². The first-order chi connectivity index (χ1) is 10.8. The highest BCUT2D eigenvalue weighted by Gasteiger charge is 2.51. The molecule has 4 amide bonds. The van der Waals surface area contributed by atoms with Gasteiger partial charge in [-0.05, 0) is 38.0 Å². The van der Waals surface area contributed by atoms with Gasteiger partial charge in [0.15, 0.2) is 0 Å². The summed E-state index contributed by atoms with van der Waals surface area (Å²) in [6.07, 6.45) is 0.376. The molecular weight excluding hydrogens is 318 g/mol. The second-order valence-electron chi connectivity index (χ2n) is 5.81. The lowest BCUT2D eigenvalue weighted by atomic mass is 9.87. The molecule has 0 spiro atoms. The number of carbonyl (C=O) groups is 3. The summed E-state index contributed by atoms with van der Waals surface area (Å²) in [5, 5.41) is 5.95. The minimum Gasteiger partial charge on any atom is -0.352 e. The highest BCUT2D eigenvalue weighted by atomic mass is 35.5. The van der Waals surface area contributed by atoms with E-state index in [1.165, 1.54) is 0 Å². The number of benzene rings is 1. The summed E-state index contributed by atoms with van der Waals surface area (Å²) in [6, 6.07) is 6.13. The van der Waals surface area contributed by atoms with Crippen LogP contribution in [0.5, 0.6) is 0 Å². The zero-order chi connectivity index (χ0) is 17.2. The quantitative estimate of drug-likeness (QED) is 0.807. The normalized spacial score (nSPS) is 20.8. The van der Waals surface area contributed by atoms with Crippen molar-refractivity contribution in [3.8, 4) is 0 Å². The first-order valence-electron chi connectivity index (χ1n) is 7.49. The van der Waals surface area contributed by atoms with Crippen LogP contribution in [0.1, 0.15) is 32.8 Å². The third-order valence-corrected chi connectivity index (χ3v) is 4.05. The number of nitrogens with one attached hydrogen (secondary N) is 2. The van der Waals surface area contributed by atoms with Crippen molar-refractivity contribution in [3.05, 3.63) is 34.9 Å². The highest BCUT2D eigenvalue weighted by Crippen LogP contribution is 2.32. The van der Waals surface area contributed by atoms with Crippen LogP contribution in [0.25, 0.3) is 0 Å². The molecule has 1 fully saturated rings. The third kappa shape index (κ3) is 3.32. The molecule has 1 aromatic carbocycles. The van der Waals surface area contributed by atoms with Crippen LogP contribution in [-0.2, 0) is 15.1 Å². The molecule has 1 aliphatic rings. The van der Waals surface area contributed by atoms with Gasteiger partial charge in [0.25, 0.3) is 5.91 Å². The summed E-state index contributed by atoms with van der Waals surface area (Å²) >= 11 is 5.88. The molecule has 23 heavy (non-hydrogen) atoms. The molecule has 0 saturated carbocycles. The Morgan fingerprint density at radius 3 is 2.43 bits per heavy atom. The summed E-state index contributed by atoms with van der Waals surface area (Å²) in [4.78, 5) is 37.8. The smallest absolute Gasteiger partial charge is 0.325 e. The predicted octanol–water partition coefficient (Wildman–Crippen LogP) is 2.02. The summed E-state index contributed by atoms with van der Waals surface area (Å²) in [5.41, 5.74) is -0.505. The molecule has 124 valence electrons. The van der Waals surface area contributed by atoms with E-state index in [-0.39, 0.29) is 18.5 Å². The molecule has 1 heterocycles. The SMILES string of the molecule is CC[C@@]1(c2ccc(Cl)cc2)NC(=O)N(CC(=O)NC(C)C)C1=O. The Hall–Kier alpha value is -2.08. The lowest BCUT2D eigenvalue weighted by Crippen LogP contribution is -2.45. The number of amides is 4. The molecule has 0 bridgehead atoms. The van der Waals surface area contributed by atoms with E-state index in [1.807, 2.05) is 20.8 Å². The second kappa shape index (κ2) is 6.58. The van der Waals surface area contributed by atoms with E-state index in [4.69, 9.17) is 11.6 Å². The maximum atomic E-state index is 12.8. The summed E-state index contributed by atoms with van der Waals surface area (Å²) in [5.74, 6) is -0.794. The van der Waals surface area contributed by atoms with Crippen molar-refractivity contribution < 1.29 is 14.4 Å².